The highest BCUT2D eigenvalue weighted by atomic mass is 32.2. The van der Waals surface area contributed by atoms with Gasteiger partial charge in [-0.05, 0) is 62.9 Å². The molecule has 0 unspecified atom stereocenters. The number of nitrogens with zero attached hydrogens (tertiary/aromatic N) is 1. The number of anilines is 1. The minimum Gasteiger partial charge on any atom is -0.465 e. The Hall–Kier alpha value is -3.24. The molecule has 0 fully saturated rings. The maximum Gasteiger partial charge on any atom is 0.234 e. The third-order valence-electron chi connectivity index (χ3n) is 5.93. The van der Waals surface area contributed by atoms with E-state index >= 15 is 0 Å². The number of dihydropyridines is 1. The van der Waals surface area contributed by atoms with Crippen LogP contribution in [0.4, 0.5) is 5.69 Å². The lowest BCUT2D eigenvalue weighted by molar-refractivity contribution is -0.116. The summed E-state index contributed by atoms with van der Waals surface area (Å²) in [5.41, 5.74) is 4.79. The van der Waals surface area contributed by atoms with Gasteiger partial charge in [0.2, 0.25) is 5.91 Å². The highest BCUT2D eigenvalue weighted by Crippen LogP contribution is 2.44. The number of benzene rings is 1. The summed E-state index contributed by atoms with van der Waals surface area (Å²) in [5, 5.41) is 16.9. The summed E-state index contributed by atoms with van der Waals surface area (Å²) in [6.07, 6.45) is 1.96. The molecule has 2 aromatic rings. The third kappa shape index (κ3) is 4.23. The molecule has 0 saturated heterocycles. The van der Waals surface area contributed by atoms with Crippen LogP contribution < -0.4 is 10.6 Å². The number of nitrogens with one attached hydrogen (secondary N) is 2. The van der Waals surface area contributed by atoms with Crippen LogP contribution >= 0.6 is 11.8 Å². The van der Waals surface area contributed by atoms with Gasteiger partial charge in [0, 0.05) is 23.4 Å². The van der Waals surface area contributed by atoms with Crippen LogP contribution in [-0.4, -0.2) is 17.4 Å². The fraction of sp³-hybridized carbons (Fsp3) is 0.320. The summed E-state index contributed by atoms with van der Waals surface area (Å²) < 4.78 is 5.84. The molecule has 32 heavy (non-hydrogen) atoms. The number of nitriles is 1. The molecule has 2 N–H and O–H groups in total. The molecule has 7 heteroatoms. The van der Waals surface area contributed by atoms with E-state index < -0.39 is 5.92 Å². The van der Waals surface area contributed by atoms with Gasteiger partial charge in [0.25, 0.3) is 0 Å². The Labute approximate surface area is 191 Å². The lowest BCUT2D eigenvalue weighted by Gasteiger charge is -2.32. The zero-order chi connectivity index (χ0) is 22.8. The molecule has 1 aromatic carbocycles. The minimum atomic E-state index is -0.540. The molecule has 4 rings (SSSR count). The molecule has 2 heterocycles. The van der Waals surface area contributed by atoms with Crippen molar-refractivity contribution in [2.24, 2.45) is 0 Å². The summed E-state index contributed by atoms with van der Waals surface area (Å²) in [5.74, 6) is 0.802. The van der Waals surface area contributed by atoms with Crippen LogP contribution in [0.15, 0.2) is 56.6 Å². The van der Waals surface area contributed by atoms with Crippen molar-refractivity contribution in [3.63, 3.8) is 0 Å². The average Bonchev–Trinajstić information content (AvgIpc) is 3.20. The first-order chi connectivity index (χ1) is 15.4. The van der Waals surface area contributed by atoms with Crippen molar-refractivity contribution in [2.45, 2.75) is 46.0 Å². The van der Waals surface area contributed by atoms with Gasteiger partial charge in [-0.3, -0.25) is 9.59 Å². The Balaban J connectivity index is 1.60. The quantitative estimate of drug-likeness (QED) is 0.669. The molecule has 6 nitrogen and oxygen atoms in total. The van der Waals surface area contributed by atoms with E-state index in [2.05, 4.69) is 16.7 Å². The Morgan fingerprint density at radius 3 is 2.78 bits per heavy atom. The Morgan fingerprint density at radius 1 is 1.25 bits per heavy atom. The van der Waals surface area contributed by atoms with Crippen LogP contribution in [0.25, 0.3) is 0 Å². The Kier molecular flexibility index (Phi) is 6.24. The van der Waals surface area contributed by atoms with E-state index in [1.807, 2.05) is 51.1 Å². The molecule has 1 atom stereocenters. The topological polar surface area (TPSA) is 95.1 Å². The number of hydrogen-bond donors (Lipinski definition) is 2. The van der Waals surface area contributed by atoms with Gasteiger partial charge in [-0.2, -0.15) is 5.26 Å². The average molecular weight is 448 g/mol. The van der Waals surface area contributed by atoms with E-state index in [0.717, 1.165) is 41.1 Å². The molecule has 1 aromatic heterocycles. The van der Waals surface area contributed by atoms with Crippen LogP contribution in [0.1, 0.15) is 47.8 Å². The van der Waals surface area contributed by atoms with Gasteiger partial charge < -0.3 is 15.1 Å². The largest absolute Gasteiger partial charge is 0.465 e. The molecule has 0 saturated carbocycles. The van der Waals surface area contributed by atoms with Gasteiger partial charge in [-0.1, -0.05) is 23.9 Å². The number of thioether (sulfide) groups is 1. The maximum absolute atomic E-state index is 12.8. The van der Waals surface area contributed by atoms with E-state index in [4.69, 9.17) is 4.42 Å². The number of aryl methyl sites for hydroxylation is 2. The number of allylic oxidation sites excluding steroid dienone is 3. The Morgan fingerprint density at radius 2 is 2.06 bits per heavy atom. The number of hydrogen-bond acceptors (Lipinski definition) is 6. The second-order valence-electron chi connectivity index (χ2n) is 8.11. The van der Waals surface area contributed by atoms with E-state index in [0.29, 0.717) is 28.4 Å². The van der Waals surface area contributed by atoms with Crippen molar-refractivity contribution in [1.82, 2.24) is 5.32 Å². The van der Waals surface area contributed by atoms with E-state index in [1.54, 1.807) is 0 Å². The Bertz CT molecular complexity index is 1200. The number of furan rings is 1. The summed E-state index contributed by atoms with van der Waals surface area (Å²) in [4.78, 5) is 25.4. The molecular formula is C25H25N3O3S. The lowest BCUT2D eigenvalue weighted by Crippen LogP contribution is -2.31. The molecule has 0 spiro atoms. The van der Waals surface area contributed by atoms with Gasteiger partial charge in [0.15, 0.2) is 5.78 Å². The van der Waals surface area contributed by atoms with Gasteiger partial charge in [-0.15, -0.1) is 0 Å². The van der Waals surface area contributed by atoms with Crippen molar-refractivity contribution in [1.29, 1.82) is 5.26 Å². The number of amides is 1. The fourth-order valence-corrected chi connectivity index (χ4v) is 5.00. The summed E-state index contributed by atoms with van der Waals surface area (Å²) in [6.45, 7) is 5.82. The standard InChI is InChI=1S/C25H25N3O3S/c1-14-6-4-7-18(16(14)3)27-22(30)13-32-25-17(12-26)23(21-11-10-15(2)31-21)24-19(28-25)8-5-9-20(24)29/h4,6-7,10-11,23,28H,5,8-9,13H2,1-3H3,(H,27,30)/t23-/m1/s1. The molecule has 2 aliphatic rings. The van der Waals surface area contributed by atoms with Gasteiger partial charge in [-0.25, -0.2) is 0 Å². The first-order valence-electron chi connectivity index (χ1n) is 10.6. The second kappa shape index (κ2) is 9.09. The zero-order valence-electron chi connectivity index (χ0n) is 18.4. The first-order valence-corrected chi connectivity index (χ1v) is 11.6. The molecule has 1 aliphatic heterocycles. The predicted octanol–water partition coefficient (Wildman–Crippen LogP) is 5.01. The fourth-order valence-electron chi connectivity index (χ4n) is 4.14. The van der Waals surface area contributed by atoms with Crippen LogP contribution in [0.2, 0.25) is 0 Å². The third-order valence-corrected chi connectivity index (χ3v) is 6.95. The summed E-state index contributed by atoms with van der Waals surface area (Å²) in [7, 11) is 0. The van der Waals surface area contributed by atoms with Crippen LogP contribution in [0.3, 0.4) is 0 Å². The smallest absolute Gasteiger partial charge is 0.234 e. The highest BCUT2D eigenvalue weighted by molar-refractivity contribution is 8.03. The van der Waals surface area contributed by atoms with Crippen molar-refractivity contribution in [3.8, 4) is 6.07 Å². The molecule has 0 radical (unpaired) electrons. The second-order valence-corrected chi connectivity index (χ2v) is 9.10. The van der Waals surface area contributed by atoms with E-state index in [1.165, 1.54) is 11.8 Å². The number of carbonyl (C=O) groups excluding carboxylic acids is 2. The predicted molar refractivity (Wildman–Crippen MR) is 125 cm³/mol. The van der Waals surface area contributed by atoms with Crippen LogP contribution in [-0.2, 0) is 9.59 Å². The molecule has 1 aliphatic carbocycles. The lowest BCUT2D eigenvalue weighted by atomic mass is 9.79. The molecular weight excluding hydrogens is 422 g/mol. The van der Waals surface area contributed by atoms with E-state index in [9.17, 15) is 14.9 Å². The summed E-state index contributed by atoms with van der Waals surface area (Å²) >= 11 is 1.28. The number of carbonyl (C=O) groups is 2. The van der Waals surface area contributed by atoms with Crippen LogP contribution in [0, 0.1) is 32.1 Å². The summed E-state index contributed by atoms with van der Waals surface area (Å²) in [6, 6.07) is 11.7. The van der Waals surface area contributed by atoms with Gasteiger partial charge in [0.1, 0.15) is 11.5 Å². The van der Waals surface area contributed by atoms with E-state index in [-0.39, 0.29) is 17.4 Å². The highest BCUT2D eigenvalue weighted by Gasteiger charge is 2.38. The van der Waals surface area contributed by atoms with Crippen molar-refractivity contribution < 1.29 is 14.0 Å². The van der Waals surface area contributed by atoms with Gasteiger partial charge in [0.05, 0.1) is 28.3 Å². The van der Waals surface area contributed by atoms with Crippen molar-refractivity contribution >= 4 is 29.1 Å². The monoisotopic (exact) mass is 447 g/mol. The first kappa shape index (κ1) is 22.0. The normalized spacial score (nSPS) is 18.2. The van der Waals surface area contributed by atoms with Crippen molar-refractivity contribution in [3.05, 3.63) is 74.9 Å². The van der Waals surface area contributed by atoms with Crippen LogP contribution in [0.5, 0.6) is 0 Å². The molecule has 1 amide bonds. The van der Waals surface area contributed by atoms with Crippen molar-refractivity contribution in [2.75, 3.05) is 11.1 Å². The number of ketones is 1. The minimum absolute atomic E-state index is 0.0438. The SMILES string of the molecule is Cc1ccc([C@H]2C(C#N)=C(SCC(=O)Nc3cccc(C)c3C)NC3=C2C(=O)CCC3)o1. The number of rotatable bonds is 5. The zero-order valence-corrected chi connectivity index (χ0v) is 19.2. The van der Waals surface area contributed by atoms with Gasteiger partial charge >= 0.3 is 0 Å². The molecule has 164 valence electrons. The molecule has 0 bridgehead atoms. The number of Topliss-reactive ketones (excluding diaryl/α,β-unsaturated/α-hetero) is 1. The maximum atomic E-state index is 12.8.